The normalized spacial score (nSPS) is 55.1. The van der Waals surface area contributed by atoms with Crippen LogP contribution in [0.3, 0.4) is 0 Å². The second-order valence-corrected chi connectivity index (χ2v) is 19.7. The van der Waals surface area contributed by atoms with Gasteiger partial charge in [0.25, 0.3) is 0 Å². The second-order valence-electron chi connectivity index (χ2n) is 19.7. The molecule has 0 bridgehead atoms. The van der Waals surface area contributed by atoms with Gasteiger partial charge in [-0.1, -0.05) is 39.3 Å². The zero-order valence-corrected chi connectivity index (χ0v) is 33.0. The van der Waals surface area contributed by atoms with E-state index in [2.05, 4.69) is 33.8 Å². The van der Waals surface area contributed by atoms with Crippen molar-refractivity contribution < 1.29 is 64.9 Å². The van der Waals surface area contributed by atoms with Gasteiger partial charge in [0.15, 0.2) is 12.6 Å². The molecule has 0 amide bonds. The average Bonchev–Trinajstić information content (AvgIpc) is 3.74. The minimum absolute atomic E-state index is 0.0232. The second kappa shape index (κ2) is 14.5. The molecule has 0 radical (unpaired) electrons. The lowest BCUT2D eigenvalue weighted by molar-refractivity contribution is -0.328. The topological polar surface area (TPSA) is 219 Å². The van der Waals surface area contributed by atoms with E-state index >= 15 is 0 Å². The summed E-state index contributed by atoms with van der Waals surface area (Å²) in [6.07, 6.45) is -4.35. The molecule has 310 valence electrons. The zero-order valence-electron chi connectivity index (χ0n) is 33.0. The molecule has 7 rings (SSSR count). The third-order valence-electron chi connectivity index (χ3n) is 17.0. The first-order valence-corrected chi connectivity index (χ1v) is 20.5. The van der Waals surface area contributed by atoms with Crippen molar-refractivity contribution in [3.63, 3.8) is 0 Å². The minimum Gasteiger partial charge on any atom is -0.394 e. The number of aliphatic hydroxyl groups is 9. The Morgan fingerprint density at radius 3 is 2.15 bits per heavy atom. The monoisotopic (exact) mass is 768 g/mol. The van der Waals surface area contributed by atoms with E-state index in [0.29, 0.717) is 25.2 Å². The molecule has 5 saturated carbocycles. The first kappa shape index (κ1) is 41.4. The van der Waals surface area contributed by atoms with E-state index in [1.54, 1.807) is 0 Å². The van der Waals surface area contributed by atoms with Crippen molar-refractivity contribution in [3.05, 3.63) is 11.6 Å². The molecule has 0 aromatic heterocycles. The summed E-state index contributed by atoms with van der Waals surface area (Å²) in [5.74, 6) is 0.370. The summed E-state index contributed by atoms with van der Waals surface area (Å²) in [5, 5.41) is 96.3. The number of ether oxygens (including phenoxy) is 4. The fourth-order valence-corrected chi connectivity index (χ4v) is 14.0. The Morgan fingerprint density at radius 2 is 1.46 bits per heavy atom. The summed E-state index contributed by atoms with van der Waals surface area (Å²) in [4.78, 5) is 0. The van der Waals surface area contributed by atoms with E-state index in [9.17, 15) is 46.0 Å². The molecule has 7 fully saturated rings. The quantitative estimate of drug-likeness (QED) is 0.114. The first-order chi connectivity index (χ1) is 25.3. The Kier molecular flexibility index (Phi) is 11.1. The fourth-order valence-electron chi connectivity index (χ4n) is 14.0. The summed E-state index contributed by atoms with van der Waals surface area (Å²) >= 11 is 0. The maximum atomic E-state index is 11.9. The lowest BCUT2D eigenvalue weighted by Crippen LogP contribution is -2.62. The van der Waals surface area contributed by atoms with Crippen LogP contribution in [0.1, 0.15) is 99.3 Å². The molecule has 21 atom stereocenters. The van der Waals surface area contributed by atoms with Gasteiger partial charge < -0.3 is 64.9 Å². The molecule has 0 unspecified atom stereocenters. The maximum absolute atomic E-state index is 11.9. The average molecular weight is 769 g/mol. The third kappa shape index (κ3) is 6.04. The van der Waals surface area contributed by atoms with Gasteiger partial charge in [-0.25, -0.2) is 0 Å². The molecule has 5 aliphatic carbocycles. The number of rotatable bonds is 10. The van der Waals surface area contributed by atoms with Crippen molar-refractivity contribution in [2.75, 3.05) is 19.8 Å². The molecule has 2 saturated heterocycles. The van der Waals surface area contributed by atoms with E-state index in [0.717, 1.165) is 38.5 Å². The van der Waals surface area contributed by atoms with Crippen LogP contribution in [-0.4, -0.2) is 139 Å². The highest BCUT2D eigenvalue weighted by atomic mass is 16.7. The molecule has 2 heterocycles. The largest absolute Gasteiger partial charge is 0.394 e. The Labute approximate surface area is 319 Å². The van der Waals surface area contributed by atoms with Gasteiger partial charge in [-0.05, 0) is 117 Å². The van der Waals surface area contributed by atoms with Crippen molar-refractivity contribution in [2.45, 2.75) is 173 Å². The molecular formula is C41H68O13. The van der Waals surface area contributed by atoms with E-state index in [1.165, 1.54) is 5.57 Å². The van der Waals surface area contributed by atoms with Gasteiger partial charge in [0.05, 0.1) is 38.1 Å². The zero-order chi connectivity index (χ0) is 39.3. The van der Waals surface area contributed by atoms with E-state index < -0.39 is 85.6 Å². The van der Waals surface area contributed by atoms with E-state index in [1.807, 2.05) is 13.8 Å². The van der Waals surface area contributed by atoms with Crippen molar-refractivity contribution in [1.82, 2.24) is 0 Å². The lowest BCUT2D eigenvalue weighted by Gasteiger charge is -2.64. The molecule has 13 nitrogen and oxygen atoms in total. The van der Waals surface area contributed by atoms with Crippen LogP contribution in [0.15, 0.2) is 11.6 Å². The Bertz CT molecular complexity index is 1390. The van der Waals surface area contributed by atoms with Gasteiger partial charge in [0.1, 0.15) is 42.7 Å². The van der Waals surface area contributed by atoms with Crippen molar-refractivity contribution >= 4 is 0 Å². The molecular weight excluding hydrogens is 700 g/mol. The molecule has 13 heteroatoms. The van der Waals surface area contributed by atoms with Crippen molar-refractivity contribution in [2.24, 2.45) is 50.7 Å². The predicted molar refractivity (Wildman–Crippen MR) is 194 cm³/mol. The maximum Gasteiger partial charge on any atom is 0.186 e. The smallest absolute Gasteiger partial charge is 0.186 e. The van der Waals surface area contributed by atoms with Gasteiger partial charge in [-0.2, -0.15) is 0 Å². The molecule has 7 aliphatic rings. The first-order valence-electron chi connectivity index (χ1n) is 20.5. The number of allylic oxidation sites excluding steroid dienone is 1. The summed E-state index contributed by atoms with van der Waals surface area (Å²) in [5.41, 5.74) is 0.149. The molecule has 0 aromatic carbocycles. The standard InChI is InChI=1S/C41H68O13/c1-20(2)7-8-22(43)21(3)29-23(44)15-39(6)27-10-9-26-37(4,19-52-36-34(50)32(48)31(47)25(16-42)53-36)28(54-35-33(49)30(46)24(45)17-51-35)11-12-40(26)18-41(27,40)14-13-38(29,39)5/h7,21-36,42-50H,8-19H2,1-6H3/t21-,22+,23+,24+,25-,26+,27+,28+,29+,30+,31-,32+,33-,34-,35+,36-,37+,38-,39+,40-,41+/m1/s1. The summed E-state index contributed by atoms with van der Waals surface area (Å²) in [6.45, 7) is 12.3. The molecule has 2 aliphatic heterocycles. The van der Waals surface area contributed by atoms with Crippen LogP contribution in [0.25, 0.3) is 0 Å². The Morgan fingerprint density at radius 1 is 0.796 bits per heavy atom. The minimum atomic E-state index is -1.58. The molecule has 9 N–H and O–H groups in total. The third-order valence-corrected chi connectivity index (χ3v) is 17.0. The lowest BCUT2D eigenvalue weighted by atomic mass is 9.41. The number of hydrogen-bond acceptors (Lipinski definition) is 13. The van der Waals surface area contributed by atoms with Crippen LogP contribution in [0.4, 0.5) is 0 Å². The van der Waals surface area contributed by atoms with Crippen molar-refractivity contribution in [1.29, 1.82) is 0 Å². The van der Waals surface area contributed by atoms with Crippen LogP contribution in [0.5, 0.6) is 0 Å². The predicted octanol–water partition coefficient (Wildman–Crippen LogP) is 1.37. The number of hydrogen-bond donors (Lipinski definition) is 9. The van der Waals surface area contributed by atoms with Gasteiger partial charge in [-0.15, -0.1) is 0 Å². The SMILES string of the molecule is CC(C)=CC[C@H](O)[C@@H](C)[C@H]1[C@@H](O)C[C@@]2(C)[C@@H]3CC[C@H]4[C@](C)(CO[C@@H]5O[C@H](CO)[C@@H](O)[C@H](O)[C@H]5O)[C@@H](O[C@@H]5OC[C@H](O)[C@H](O)[C@H]5O)CC[C@@]45C[C@@]35CC[C@]12C. The van der Waals surface area contributed by atoms with Gasteiger partial charge >= 0.3 is 0 Å². The fraction of sp³-hybridized carbons (Fsp3) is 0.951. The summed E-state index contributed by atoms with van der Waals surface area (Å²) in [7, 11) is 0. The summed E-state index contributed by atoms with van der Waals surface area (Å²) < 4.78 is 24.4. The van der Waals surface area contributed by atoms with Gasteiger partial charge in [0, 0.05) is 5.41 Å². The van der Waals surface area contributed by atoms with Gasteiger partial charge in [0.2, 0.25) is 0 Å². The Hall–Kier alpha value is -0.780. The van der Waals surface area contributed by atoms with Crippen molar-refractivity contribution in [3.8, 4) is 0 Å². The van der Waals surface area contributed by atoms with Crippen LogP contribution in [0.2, 0.25) is 0 Å². The van der Waals surface area contributed by atoms with Crippen LogP contribution in [0, 0.1) is 50.7 Å². The Balaban J connectivity index is 1.17. The number of aliphatic hydroxyl groups excluding tert-OH is 9. The highest BCUT2D eigenvalue weighted by molar-refractivity contribution is 5.31. The highest BCUT2D eigenvalue weighted by Crippen LogP contribution is 2.89. The molecule has 2 spiro atoms. The highest BCUT2D eigenvalue weighted by Gasteiger charge is 2.83. The van der Waals surface area contributed by atoms with E-state index in [-0.39, 0.29) is 52.6 Å². The van der Waals surface area contributed by atoms with Gasteiger partial charge in [-0.3, -0.25) is 0 Å². The van der Waals surface area contributed by atoms with Crippen LogP contribution < -0.4 is 0 Å². The molecule has 0 aromatic rings. The summed E-state index contributed by atoms with van der Waals surface area (Å²) in [6, 6.07) is 0. The van der Waals surface area contributed by atoms with E-state index in [4.69, 9.17) is 18.9 Å². The van der Waals surface area contributed by atoms with Crippen LogP contribution >= 0.6 is 0 Å². The molecule has 54 heavy (non-hydrogen) atoms. The van der Waals surface area contributed by atoms with Crippen LogP contribution in [-0.2, 0) is 18.9 Å². The number of fused-ring (bicyclic) bond motifs is 2.